The van der Waals surface area contributed by atoms with E-state index >= 15 is 0 Å². The van der Waals surface area contributed by atoms with Crippen molar-refractivity contribution < 1.29 is 4.79 Å². The lowest BCUT2D eigenvalue weighted by atomic mass is 9.82. The van der Waals surface area contributed by atoms with Crippen molar-refractivity contribution in [2.24, 2.45) is 16.8 Å². The van der Waals surface area contributed by atoms with Gasteiger partial charge in [0.1, 0.15) is 11.4 Å². The molecule has 0 bridgehead atoms. The molecule has 0 aromatic carbocycles. The number of amides is 1. The summed E-state index contributed by atoms with van der Waals surface area (Å²) in [5, 5.41) is 2.95. The third-order valence-electron chi connectivity index (χ3n) is 3.52. The van der Waals surface area contributed by atoms with E-state index in [0.29, 0.717) is 5.92 Å². The van der Waals surface area contributed by atoms with E-state index in [1.165, 1.54) is 25.7 Å². The summed E-state index contributed by atoms with van der Waals surface area (Å²) in [6, 6.07) is 0. The van der Waals surface area contributed by atoms with Crippen LogP contribution in [0.1, 0.15) is 46.5 Å². The van der Waals surface area contributed by atoms with Crippen molar-refractivity contribution in [3.63, 3.8) is 0 Å². The first-order valence-electron chi connectivity index (χ1n) is 5.90. The Kier molecular flexibility index (Phi) is 2.57. The van der Waals surface area contributed by atoms with Crippen LogP contribution in [0.2, 0.25) is 0 Å². The van der Waals surface area contributed by atoms with Crippen LogP contribution in [-0.2, 0) is 4.79 Å². The molecule has 0 radical (unpaired) electrons. The van der Waals surface area contributed by atoms with Crippen LogP contribution in [0.3, 0.4) is 0 Å². The molecule has 84 valence electrons. The summed E-state index contributed by atoms with van der Waals surface area (Å²) >= 11 is 0. The number of carbonyl (C=O) groups is 1. The molecule has 0 saturated heterocycles. The Labute approximate surface area is 91.3 Å². The van der Waals surface area contributed by atoms with Gasteiger partial charge < -0.3 is 5.32 Å². The highest BCUT2D eigenvalue weighted by Crippen LogP contribution is 2.31. The number of carbonyl (C=O) groups excluding carboxylic acids is 1. The van der Waals surface area contributed by atoms with Crippen molar-refractivity contribution in [1.82, 2.24) is 5.32 Å². The number of rotatable bonds is 1. The largest absolute Gasteiger partial charge is 0.312 e. The maximum atomic E-state index is 11.6. The maximum absolute atomic E-state index is 11.6. The first-order valence-corrected chi connectivity index (χ1v) is 5.90. The SMILES string of the molecule is CC1CCCC(C2=NC(C)(C)C(=O)N2)C1. The van der Waals surface area contributed by atoms with Crippen LogP contribution in [0.15, 0.2) is 4.99 Å². The zero-order chi connectivity index (χ0) is 11.1. The van der Waals surface area contributed by atoms with Crippen molar-refractivity contribution in [2.75, 3.05) is 0 Å². The van der Waals surface area contributed by atoms with E-state index in [1.54, 1.807) is 0 Å². The van der Waals surface area contributed by atoms with Crippen LogP contribution in [0.5, 0.6) is 0 Å². The van der Waals surface area contributed by atoms with E-state index in [0.717, 1.165) is 11.8 Å². The lowest BCUT2D eigenvalue weighted by molar-refractivity contribution is -0.122. The molecular weight excluding hydrogens is 188 g/mol. The molecule has 0 spiro atoms. The normalized spacial score (nSPS) is 34.9. The molecule has 1 amide bonds. The smallest absolute Gasteiger partial charge is 0.252 e. The van der Waals surface area contributed by atoms with E-state index in [-0.39, 0.29) is 5.91 Å². The second kappa shape index (κ2) is 3.62. The zero-order valence-corrected chi connectivity index (χ0v) is 9.84. The monoisotopic (exact) mass is 208 g/mol. The topological polar surface area (TPSA) is 41.5 Å². The molecule has 1 fully saturated rings. The van der Waals surface area contributed by atoms with Crippen molar-refractivity contribution in [3.05, 3.63) is 0 Å². The minimum atomic E-state index is -0.546. The number of aliphatic imine (C=N–C) groups is 1. The summed E-state index contributed by atoms with van der Waals surface area (Å²) in [7, 11) is 0. The Morgan fingerprint density at radius 1 is 1.40 bits per heavy atom. The highest BCUT2D eigenvalue weighted by molar-refractivity contribution is 6.08. The molecule has 1 aliphatic carbocycles. The van der Waals surface area contributed by atoms with Gasteiger partial charge in [0.15, 0.2) is 0 Å². The van der Waals surface area contributed by atoms with Gasteiger partial charge in [0.25, 0.3) is 5.91 Å². The molecule has 2 atom stereocenters. The molecule has 3 heteroatoms. The molecule has 0 aromatic rings. The number of amidine groups is 1. The minimum Gasteiger partial charge on any atom is -0.312 e. The Balaban J connectivity index is 2.09. The van der Waals surface area contributed by atoms with Crippen molar-refractivity contribution in [3.8, 4) is 0 Å². The quantitative estimate of drug-likeness (QED) is 0.704. The zero-order valence-electron chi connectivity index (χ0n) is 9.84. The van der Waals surface area contributed by atoms with Crippen molar-refractivity contribution >= 4 is 11.7 Å². The van der Waals surface area contributed by atoms with Gasteiger partial charge in [0, 0.05) is 5.92 Å². The van der Waals surface area contributed by atoms with Crippen LogP contribution in [0, 0.1) is 11.8 Å². The Hall–Kier alpha value is -0.860. The molecule has 15 heavy (non-hydrogen) atoms. The fourth-order valence-corrected chi connectivity index (χ4v) is 2.52. The summed E-state index contributed by atoms with van der Waals surface area (Å²) in [5.74, 6) is 2.25. The van der Waals surface area contributed by atoms with Gasteiger partial charge in [-0.3, -0.25) is 9.79 Å². The first-order chi connectivity index (χ1) is 6.99. The fourth-order valence-electron chi connectivity index (χ4n) is 2.52. The second-order valence-corrected chi connectivity index (χ2v) is 5.48. The summed E-state index contributed by atoms with van der Waals surface area (Å²) in [5.41, 5.74) is -0.546. The van der Waals surface area contributed by atoms with Gasteiger partial charge in [-0.1, -0.05) is 19.8 Å². The van der Waals surface area contributed by atoms with Crippen LogP contribution in [0.4, 0.5) is 0 Å². The van der Waals surface area contributed by atoms with Gasteiger partial charge in [0.05, 0.1) is 0 Å². The first kappa shape index (κ1) is 10.7. The molecule has 1 aliphatic heterocycles. The minimum absolute atomic E-state index is 0.0516. The van der Waals surface area contributed by atoms with Gasteiger partial charge >= 0.3 is 0 Å². The second-order valence-electron chi connectivity index (χ2n) is 5.48. The van der Waals surface area contributed by atoms with Crippen LogP contribution >= 0.6 is 0 Å². The molecule has 3 nitrogen and oxygen atoms in total. The molecule has 1 saturated carbocycles. The molecule has 2 unspecified atom stereocenters. The summed E-state index contributed by atoms with van der Waals surface area (Å²) < 4.78 is 0. The van der Waals surface area contributed by atoms with Gasteiger partial charge in [-0.2, -0.15) is 0 Å². The molecule has 2 aliphatic rings. The van der Waals surface area contributed by atoms with E-state index in [4.69, 9.17) is 0 Å². The average molecular weight is 208 g/mol. The van der Waals surface area contributed by atoms with E-state index < -0.39 is 5.54 Å². The Morgan fingerprint density at radius 3 is 2.67 bits per heavy atom. The molecule has 2 rings (SSSR count). The van der Waals surface area contributed by atoms with E-state index in [9.17, 15) is 4.79 Å². The third kappa shape index (κ3) is 2.06. The standard InChI is InChI=1S/C12H20N2O/c1-8-5-4-6-9(7-8)10-13-11(15)12(2,3)14-10/h8-9H,4-7H2,1-3H3,(H,13,14,15). The summed E-state index contributed by atoms with van der Waals surface area (Å²) in [6.45, 7) is 6.04. The predicted octanol–water partition coefficient (Wildman–Crippen LogP) is 2.12. The Morgan fingerprint density at radius 2 is 2.13 bits per heavy atom. The molecular formula is C12H20N2O. The highest BCUT2D eigenvalue weighted by Gasteiger charge is 2.37. The van der Waals surface area contributed by atoms with E-state index in [2.05, 4.69) is 17.2 Å². The van der Waals surface area contributed by atoms with Crippen molar-refractivity contribution in [1.29, 1.82) is 0 Å². The fraction of sp³-hybridized carbons (Fsp3) is 0.833. The lowest BCUT2D eigenvalue weighted by Crippen LogP contribution is -2.37. The van der Waals surface area contributed by atoms with Gasteiger partial charge in [-0.15, -0.1) is 0 Å². The van der Waals surface area contributed by atoms with Gasteiger partial charge in [-0.05, 0) is 32.6 Å². The molecule has 1 N–H and O–H groups in total. The summed E-state index contributed by atoms with van der Waals surface area (Å²) in [6.07, 6.45) is 4.94. The summed E-state index contributed by atoms with van der Waals surface area (Å²) in [4.78, 5) is 16.1. The third-order valence-corrected chi connectivity index (χ3v) is 3.52. The predicted molar refractivity (Wildman–Crippen MR) is 60.8 cm³/mol. The Bertz CT molecular complexity index is 307. The lowest BCUT2D eigenvalue weighted by Gasteiger charge is -2.26. The van der Waals surface area contributed by atoms with Gasteiger partial charge in [-0.25, -0.2) is 0 Å². The number of hydrogen-bond acceptors (Lipinski definition) is 2. The van der Waals surface area contributed by atoms with Gasteiger partial charge in [0.2, 0.25) is 0 Å². The van der Waals surface area contributed by atoms with Crippen LogP contribution < -0.4 is 5.32 Å². The van der Waals surface area contributed by atoms with Crippen LogP contribution in [-0.4, -0.2) is 17.3 Å². The van der Waals surface area contributed by atoms with E-state index in [1.807, 2.05) is 13.8 Å². The number of nitrogens with one attached hydrogen (secondary N) is 1. The van der Waals surface area contributed by atoms with Crippen LogP contribution in [0.25, 0.3) is 0 Å². The number of hydrogen-bond donors (Lipinski definition) is 1. The average Bonchev–Trinajstić information content (AvgIpc) is 2.42. The van der Waals surface area contributed by atoms with Crippen molar-refractivity contribution in [2.45, 2.75) is 52.0 Å². The molecule has 1 heterocycles. The molecule has 0 aromatic heterocycles. The highest BCUT2D eigenvalue weighted by atomic mass is 16.2. The number of nitrogens with zero attached hydrogens (tertiary/aromatic N) is 1. The maximum Gasteiger partial charge on any atom is 0.252 e.